The lowest BCUT2D eigenvalue weighted by Gasteiger charge is -2.13. The zero-order chi connectivity index (χ0) is 18.8. The average Bonchev–Trinajstić information content (AvgIpc) is 3.11. The van der Waals surface area contributed by atoms with Gasteiger partial charge in [-0.25, -0.2) is 9.98 Å². The molecule has 8 heteroatoms. The molecule has 27 heavy (non-hydrogen) atoms. The monoisotopic (exact) mass is 380 g/mol. The molecule has 0 saturated heterocycles. The van der Waals surface area contributed by atoms with Crippen molar-refractivity contribution in [1.29, 1.82) is 0 Å². The van der Waals surface area contributed by atoms with Crippen molar-refractivity contribution >= 4 is 23.2 Å². The van der Waals surface area contributed by atoms with E-state index < -0.39 is 6.17 Å². The molecule has 0 aliphatic carbocycles. The third-order valence-corrected chi connectivity index (χ3v) is 4.43. The third-order valence-electron chi connectivity index (χ3n) is 4.22. The van der Waals surface area contributed by atoms with E-state index in [1.54, 1.807) is 17.0 Å². The fourth-order valence-corrected chi connectivity index (χ4v) is 3.16. The van der Waals surface area contributed by atoms with Gasteiger partial charge in [-0.3, -0.25) is 9.36 Å². The molecule has 136 valence electrons. The molecule has 0 radical (unpaired) electrons. The number of aliphatic imine (C=N–C) groups is 1. The molecule has 3 heterocycles. The Balaban J connectivity index is 1.92. The Morgan fingerprint density at radius 2 is 2.04 bits per heavy atom. The number of hydrogen-bond donors (Lipinski definition) is 1. The average molecular weight is 381 g/mol. The fraction of sp³-hybridized carbons (Fsp3) is 0.211. The first-order chi connectivity index (χ1) is 13.2. The molecule has 0 bridgehead atoms. The summed E-state index contributed by atoms with van der Waals surface area (Å²) in [5.41, 5.74) is 2.89. The number of pyridine rings is 1. The lowest BCUT2D eigenvalue weighted by atomic mass is 10.1. The van der Waals surface area contributed by atoms with E-state index in [2.05, 4.69) is 20.5 Å². The van der Waals surface area contributed by atoms with Gasteiger partial charge < -0.3 is 5.32 Å². The predicted molar refractivity (Wildman–Crippen MR) is 102 cm³/mol. The molecule has 0 saturated carbocycles. The molecular formula is C19H17ClN6O. The molecule has 1 aliphatic rings. The quantitative estimate of drug-likeness (QED) is 0.705. The van der Waals surface area contributed by atoms with Gasteiger partial charge in [-0.2, -0.15) is 0 Å². The molecule has 1 aliphatic heterocycles. The van der Waals surface area contributed by atoms with E-state index in [4.69, 9.17) is 16.6 Å². The minimum absolute atomic E-state index is 0.0924. The maximum Gasteiger partial charge on any atom is 0.221 e. The van der Waals surface area contributed by atoms with E-state index in [-0.39, 0.29) is 5.91 Å². The Morgan fingerprint density at radius 3 is 2.81 bits per heavy atom. The molecule has 1 unspecified atom stereocenters. The number of fused-ring (bicyclic) bond motifs is 3. The van der Waals surface area contributed by atoms with Crippen LogP contribution in [0, 0.1) is 0 Å². The lowest BCUT2D eigenvalue weighted by Crippen LogP contribution is -2.29. The standard InChI is InChI=1S/C19H17ClN6O/c1-2-6-15(27)23-18-19-25-21-11-26(19)13-9-10-14(20)22-17(13)16(24-18)12-7-4-3-5-8-12/h3-5,7-11,18H,2,6H2,1H3,(H,23,27). The SMILES string of the molecule is CCCC(=O)NC1N=C(c2ccccc2)c2nc(Cl)ccc2-n2cnnc21. The number of aromatic nitrogens is 4. The fourth-order valence-electron chi connectivity index (χ4n) is 3.02. The summed E-state index contributed by atoms with van der Waals surface area (Å²) >= 11 is 6.17. The van der Waals surface area contributed by atoms with E-state index in [1.165, 1.54) is 0 Å². The van der Waals surface area contributed by atoms with Gasteiger partial charge in [0.25, 0.3) is 0 Å². The first-order valence-corrected chi connectivity index (χ1v) is 9.05. The normalized spacial score (nSPS) is 15.3. The molecule has 1 atom stereocenters. The molecule has 4 rings (SSSR count). The van der Waals surface area contributed by atoms with Crippen molar-refractivity contribution in [1.82, 2.24) is 25.1 Å². The number of benzene rings is 1. The van der Waals surface area contributed by atoms with Crippen molar-refractivity contribution in [3.63, 3.8) is 0 Å². The summed E-state index contributed by atoms with van der Waals surface area (Å²) in [7, 11) is 0. The van der Waals surface area contributed by atoms with E-state index in [9.17, 15) is 4.79 Å². The Labute approximate surface area is 161 Å². The first-order valence-electron chi connectivity index (χ1n) is 8.67. The molecule has 2 aromatic heterocycles. The van der Waals surface area contributed by atoms with Crippen molar-refractivity contribution in [2.24, 2.45) is 4.99 Å². The van der Waals surface area contributed by atoms with Gasteiger partial charge in [0.15, 0.2) is 12.0 Å². The van der Waals surface area contributed by atoms with Crippen molar-refractivity contribution in [3.05, 3.63) is 71.0 Å². The van der Waals surface area contributed by atoms with Crippen LogP contribution in [0.1, 0.15) is 43.0 Å². The number of carbonyl (C=O) groups excluding carboxylic acids is 1. The lowest BCUT2D eigenvalue weighted by molar-refractivity contribution is -0.121. The van der Waals surface area contributed by atoms with Gasteiger partial charge in [-0.15, -0.1) is 10.2 Å². The summed E-state index contributed by atoms with van der Waals surface area (Å²) in [6.07, 6.45) is 2.08. The first kappa shape index (κ1) is 17.4. The van der Waals surface area contributed by atoms with Crippen molar-refractivity contribution in [3.8, 4) is 5.69 Å². The van der Waals surface area contributed by atoms with Crippen LogP contribution >= 0.6 is 11.6 Å². The van der Waals surface area contributed by atoms with Gasteiger partial charge in [0.2, 0.25) is 5.91 Å². The molecule has 1 aromatic carbocycles. The van der Waals surface area contributed by atoms with Crippen LogP contribution in [0.25, 0.3) is 5.69 Å². The highest BCUT2D eigenvalue weighted by Crippen LogP contribution is 2.28. The van der Waals surface area contributed by atoms with Crippen molar-refractivity contribution < 1.29 is 4.79 Å². The third kappa shape index (κ3) is 3.33. The highest BCUT2D eigenvalue weighted by Gasteiger charge is 2.28. The highest BCUT2D eigenvalue weighted by atomic mass is 35.5. The van der Waals surface area contributed by atoms with E-state index in [0.717, 1.165) is 17.7 Å². The van der Waals surface area contributed by atoms with Crippen LogP contribution in [0.5, 0.6) is 0 Å². The van der Waals surface area contributed by atoms with Crippen LogP contribution in [0.3, 0.4) is 0 Å². The van der Waals surface area contributed by atoms with E-state index >= 15 is 0 Å². The molecule has 0 fully saturated rings. The number of carbonyl (C=O) groups is 1. The van der Waals surface area contributed by atoms with Gasteiger partial charge in [-0.1, -0.05) is 48.9 Å². The minimum atomic E-state index is -0.672. The minimum Gasteiger partial charge on any atom is -0.328 e. The second kappa shape index (κ2) is 7.28. The van der Waals surface area contributed by atoms with Crippen LogP contribution in [-0.2, 0) is 4.79 Å². The Morgan fingerprint density at radius 1 is 1.22 bits per heavy atom. The summed E-state index contributed by atoms with van der Waals surface area (Å²) in [6, 6.07) is 13.2. The topological polar surface area (TPSA) is 85.1 Å². The number of halogens is 1. The molecule has 1 amide bonds. The molecule has 7 nitrogen and oxygen atoms in total. The zero-order valence-electron chi connectivity index (χ0n) is 14.6. The number of amides is 1. The van der Waals surface area contributed by atoms with E-state index in [0.29, 0.717) is 28.8 Å². The van der Waals surface area contributed by atoms with E-state index in [1.807, 2.05) is 43.3 Å². The summed E-state index contributed by atoms with van der Waals surface area (Å²) in [5, 5.41) is 11.5. The van der Waals surface area contributed by atoms with Crippen LogP contribution in [0.2, 0.25) is 5.15 Å². The summed E-state index contributed by atoms with van der Waals surface area (Å²) in [5.74, 6) is 0.431. The Kier molecular flexibility index (Phi) is 4.68. The molecule has 3 aromatic rings. The number of rotatable bonds is 4. The van der Waals surface area contributed by atoms with Crippen molar-refractivity contribution in [2.75, 3.05) is 0 Å². The van der Waals surface area contributed by atoms with Gasteiger partial charge >= 0.3 is 0 Å². The molecular weight excluding hydrogens is 364 g/mol. The predicted octanol–water partition coefficient (Wildman–Crippen LogP) is 3.08. The number of hydrogen-bond acceptors (Lipinski definition) is 5. The number of nitrogens with zero attached hydrogens (tertiary/aromatic N) is 5. The zero-order valence-corrected chi connectivity index (χ0v) is 15.4. The van der Waals surface area contributed by atoms with Crippen LogP contribution in [0.15, 0.2) is 53.8 Å². The maximum absolute atomic E-state index is 12.3. The second-order valence-electron chi connectivity index (χ2n) is 6.12. The molecule has 1 N–H and O–H groups in total. The summed E-state index contributed by atoms with van der Waals surface area (Å²) in [4.78, 5) is 21.6. The van der Waals surface area contributed by atoms with Gasteiger partial charge in [0.1, 0.15) is 17.2 Å². The van der Waals surface area contributed by atoms with Crippen molar-refractivity contribution in [2.45, 2.75) is 25.9 Å². The smallest absolute Gasteiger partial charge is 0.221 e. The summed E-state index contributed by atoms with van der Waals surface area (Å²) in [6.45, 7) is 1.95. The van der Waals surface area contributed by atoms with Crippen LogP contribution in [-0.4, -0.2) is 31.4 Å². The second-order valence-corrected chi connectivity index (χ2v) is 6.51. The van der Waals surface area contributed by atoms with Crippen LogP contribution < -0.4 is 5.32 Å². The summed E-state index contributed by atoms with van der Waals surface area (Å²) < 4.78 is 1.79. The maximum atomic E-state index is 12.3. The highest BCUT2D eigenvalue weighted by molar-refractivity contribution is 6.30. The Bertz CT molecular complexity index is 1010. The van der Waals surface area contributed by atoms with Gasteiger partial charge in [0.05, 0.1) is 11.4 Å². The largest absolute Gasteiger partial charge is 0.328 e. The molecule has 0 spiro atoms. The van der Waals surface area contributed by atoms with Crippen LogP contribution in [0.4, 0.5) is 0 Å². The Hall–Kier alpha value is -3.06. The van der Waals surface area contributed by atoms with Gasteiger partial charge in [-0.05, 0) is 18.6 Å². The van der Waals surface area contributed by atoms with Gasteiger partial charge in [0, 0.05) is 12.0 Å². The number of nitrogens with one attached hydrogen (secondary N) is 1.